The van der Waals surface area contributed by atoms with Gasteiger partial charge in [-0.3, -0.25) is 0 Å². The monoisotopic (exact) mass is 392 g/mol. The standard InChI is InChI=1S/C19H24N2O5S/c1-2-4-16(22)6-3-5-13-7-8-14-11-18(23)17(10-15(14)9-13)21-12-19(24)20-27(21,25)26/h7-12,16,20,22-24H,2-6H2,1H3. The van der Waals surface area contributed by atoms with Crippen LogP contribution in [-0.2, 0) is 16.6 Å². The fourth-order valence-corrected chi connectivity index (χ4v) is 4.32. The molecule has 0 radical (unpaired) electrons. The number of nitrogens with zero attached hydrogens (tertiary/aromatic N) is 1. The van der Waals surface area contributed by atoms with E-state index < -0.39 is 16.1 Å². The molecule has 146 valence electrons. The van der Waals surface area contributed by atoms with Gasteiger partial charge in [0.05, 0.1) is 12.3 Å². The molecule has 3 rings (SSSR count). The van der Waals surface area contributed by atoms with Gasteiger partial charge in [0.25, 0.3) is 0 Å². The van der Waals surface area contributed by atoms with Gasteiger partial charge >= 0.3 is 10.2 Å². The molecule has 0 aromatic heterocycles. The van der Waals surface area contributed by atoms with Crippen LogP contribution < -0.4 is 9.03 Å². The van der Waals surface area contributed by atoms with Crippen LogP contribution in [0.2, 0.25) is 0 Å². The van der Waals surface area contributed by atoms with Crippen molar-refractivity contribution in [3.63, 3.8) is 0 Å². The van der Waals surface area contributed by atoms with Crippen molar-refractivity contribution >= 4 is 26.7 Å². The van der Waals surface area contributed by atoms with E-state index in [1.165, 1.54) is 6.07 Å². The average molecular weight is 392 g/mol. The summed E-state index contributed by atoms with van der Waals surface area (Å²) in [6.07, 6.45) is 4.91. The van der Waals surface area contributed by atoms with Crippen LogP contribution in [0, 0.1) is 0 Å². The molecule has 1 aliphatic rings. The summed E-state index contributed by atoms with van der Waals surface area (Å²) in [7, 11) is -3.97. The van der Waals surface area contributed by atoms with E-state index in [1.807, 2.05) is 29.8 Å². The summed E-state index contributed by atoms with van der Waals surface area (Å²) in [5.74, 6) is -0.705. The predicted molar refractivity (Wildman–Crippen MR) is 105 cm³/mol. The van der Waals surface area contributed by atoms with Crippen molar-refractivity contribution < 1.29 is 23.7 Å². The zero-order chi connectivity index (χ0) is 19.6. The number of aliphatic hydroxyl groups excluding tert-OH is 2. The lowest BCUT2D eigenvalue weighted by Gasteiger charge is -2.16. The highest BCUT2D eigenvalue weighted by Gasteiger charge is 2.30. The number of rotatable bonds is 7. The minimum absolute atomic E-state index is 0.0644. The highest BCUT2D eigenvalue weighted by Crippen LogP contribution is 2.36. The Morgan fingerprint density at radius 3 is 2.56 bits per heavy atom. The second-order valence-electron chi connectivity index (χ2n) is 6.77. The maximum absolute atomic E-state index is 12.1. The number of hydrogen-bond acceptors (Lipinski definition) is 5. The van der Waals surface area contributed by atoms with Crippen LogP contribution >= 0.6 is 0 Å². The molecule has 4 N–H and O–H groups in total. The van der Waals surface area contributed by atoms with Crippen LogP contribution in [0.15, 0.2) is 42.4 Å². The van der Waals surface area contributed by atoms with E-state index in [2.05, 4.69) is 0 Å². The van der Waals surface area contributed by atoms with Gasteiger partial charge in [0.2, 0.25) is 5.88 Å². The maximum atomic E-state index is 12.1. The molecule has 0 saturated heterocycles. The van der Waals surface area contributed by atoms with E-state index in [1.54, 1.807) is 6.07 Å². The molecule has 1 unspecified atom stereocenters. The minimum atomic E-state index is -3.97. The number of phenolic OH excluding ortho intramolecular Hbond substituents is 1. The first-order chi connectivity index (χ1) is 12.8. The lowest BCUT2D eigenvalue weighted by atomic mass is 10.0. The van der Waals surface area contributed by atoms with Gasteiger partial charge in [-0.2, -0.15) is 8.42 Å². The molecule has 0 fully saturated rings. The van der Waals surface area contributed by atoms with Gasteiger partial charge < -0.3 is 15.3 Å². The Hall–Kier alpha value is -2.45. The lowest BCUT2D eigenvalue weighted by molar-refractivity contribution is 0.151. The molecule has 2 aromatic rings. The topological polar surface area (TPSA) is 110 Å². The molecule has 0 spiro atoms. The van der Waals surface area contributed by atoms with Crippen LogP contribution in [0.1, 0.15) is 38.2 Å². The molecule has 1 aliphatic heterocycles. The third-order valence-electron chi connectivity index (χ3n) is 4.59. The lowest BCUT2D eigenvalue weighted by Crippen LogP contribution is -2.29. The highest BCUT2D eigenvalue weighted by molar-refractivity contribution is 7.91. The van der Waals surface area contributed by atoms with E-state index >= 15 is 0 Å². The smallest absolute Gasteiger partial charge is 0.330 e. The van der Waals surface area contributed by atoms with Gasteiger partial charge in [-0.25, -0.2) is 9.03 Å². The van der Waals surface area contributed by atoms with E-state index in [9.17, 15) is 23.7 Å². The molecule has 8 heteroatoms. The Labute approximate surface area is 158 Å². The molecule has 0 saturated carbocycles. The molecule has 7 nitrogen and oxygen atoms in total. The molecule has 1 heterocycles. The molecular weight excluding hydrogens is 368 g/mol. The Morgan fingerprint density at radius 2 is 1.89 bits per heavy atom. The van der Waals surface area contributed by atoms with Crippen molar-refractivity contribution in [3.05, 3.63) is 48.0 Å². The fourth-order valence-electron chi connectivity index (χ4n) is 3.26. The van der Waals surface area contributed by atoms with E-state index in [4.69, 9.17) is 0 Å². The second-order valence-corrected chi connectivity index (χ2v) is 8.32. The highest BCUT2D eigenvalue weighted by atomic mass is 32.2. The zero-order valence-electron chi connectivity index (χ0n) is 15.1. The van der Waals surface area contributed by atoms with Gasteiger partial charge in [-0.1, -0.05) is 31.5 Å². The molecule has 0 amide bonds. The van der Waals surface area contributed by atoms with Crippen molar-refractivity contribution in [2.75, 3.05) is 4.31 Å². The number of aliphatic hydroxyl groups is 2. The normalized spacial score (nSPS) is 17.0. The molecular formula is C19H24N2O5S. The van der Waals surface area contributed by atoms with E-state index in [0.29, 0.717) is 0 Å². The first-order valence-corrected chi connectivity index (χ1v) is 10.4. The second kappa shape index (κ2) is 7.66. The Bertz CT molecular complexity index is 971. The summed E-state index contributed by atoms with van der Waals surface area (Å²) in [6, 6.07) is 8.87. The minimum Gasteiger partial charge on any atom is -0.506 e. The van der Waals surface area contributed by atoms with E-state index in [-0.39, 0.29) is 17.5 Å². The summed E-state index contributed by atoms with van der Waals surface area (Å²) in [5.41, 5.74) is 1.14. The number of anilines is 1. The van der Waals surface area contributed by atoms with Crippen LogP contribution in [0.25, 0.3) is 10.8 Å². The molecule has 1 atom stereocenters. The average Bonchev–Trinajstić information content (AvgIpc) is 2.87. The van der Waals surface area contributed by atoms with Crippen molar-refractivity contribution in [1.82, 2.24) is 4.72 Å². The van der Waals surface area contributed by atoms with Gasteiger partial charge in [-0.05, 0) is 54.2 Å². The zero-order valence-corrected chi connectivity index (χ0v) is 15.9. The van der Waals surface area contributed by atoms with Crippen molar-refractivity contribution in [2.24, 2.45) is 0 Å². The van der Waals surface area contributed by atoms with Crippen LogP contribution in [0.4, 0.5) is 5.69 Å². The Balaban J connectivity index is 1.85. The molecule has 0 bridgehead atoms. The van der Waals surface area contributed by atoms with Gasteiger partial charge in [0, 0.05) is 0 Å². The fraction of sp³-hybridized carbons (Fsp3) is 0.368. The third kappa shape index (κ3) is 4.28. The molecule has 27 heavy (non-hydrogen) atoms. The van der Waals surface area contributed by atoms with Crippen LogP contribution in [-0.4, -0.2) is 29.8 Å². The van der Waals surface area contributed by atoms with Crippen LogP contribution in [0.3, 0.4) is 0 Å². The largest absolute Gasteiger partial charge is 0.506 e. The summed E-state index contributed by atoms with van der Waals surface area (Å²) in [5, 5.41) is 31.1. The number of aryl methyl sites for hydroxylation is 1. The quantitative estimate of drug-likeness (QED) is 0.579. The molecule has 2 aromatic carbocycles. The van der Waals surface area contributed by atoms with Crippen molar-refractivity contribution in [2.45, 2.75) is 45.1 Å². The van der Waals surface area contributed by atoms with Crippen molar-refractivity contribution in [3.8, 4) is 5.75 Å². The summed E-state index contributed by atoms with van der Waals surface area (Å²) in [4.78, 5) is 0. The van der Waals surface area contributed by atoms with Crippen LogP contribution in [0.5, 0.6) is 5.75 Å². The van der Waals surface area contributed by atoms with Gasteiger partial charge in [-0.15, -0.1) is 0 Å². The first-order valence-electron chi connectivity index (χ1n) is 8.97. The summed E-state index contributed by atoms with van der Waals surface area (Å²) >= 11 is 0. The summed E-state index contributed by atoms with van der Waals surface area (Å²) in [6.45, 7) is 2.05. The third-order valence-corrected chi connectivity index (χ3v) is 5.88. The SMILES string of the molecule is CCCC(O)CCCc1ccc2cc(O)c(N3C=C(O)NS3(=O)=O)cc2c1. The number of nitrogens with one attached hydrogen (secondary N) is 1. The predicted octanol–water partition coefficient (Wildman–Crippen LogP) is 3.04. The number of phenols is 1. The maximum Gasteiger partial charge on any atom is 0.330 e. The van der Waals surface area contributed by atoms with Gasteiger partial charge in [0.15, 0.2) is 0 Å². The van der Waals surface area contributed by atoms with E-state index in [0.717, 1.165) is 58.9 Å². The Morgan fingerprint density at radius 1 is 1.11 bits per heavy atom. The van der Waals surface area contributed by atoms with Gasteiger partial charge in [0.1, 0.15) is 11.4 Å². The Kier molecular flexibility index (Phi) is 5.48. The summed E-state index contributed by atoms with van der Waals surface area (Å²) < 4.78 is 26.9. The number of benzene rings is 2. The number of aromatic hydroxyl groups is 1. The van der Waals surface area contributed by atoms with Crippen molar-refractivity contribution in [1.29, 1.82) is 0 Å². The number of fused-ring (bicyclic) bond motifs is 1. The molecule has 0 aliphatic carbocycles. The number of hydrogen-bond donors (Lipinski definition) is 4. The first kappa shape index (κ1) is 19.3.